The number of furan rings is 1. The molecule has 38 heavy (non-hydrogen) atoms. The zero-order chi connectivity index (χ0) is 26.6. The van der Waals surface area contributed by atoms with Gasteiger partial charge in [-0.2, -0.15) is 0 Å². The van der Waals surface area contributed by atoms with Gasteiger partial charge in [0.05, 0.1) is 17.3 Å². The minimum Gasteiger partial charge on any atom is -0.459 e. The van der Waals surface area contributed by atoms with Gasteiger partial charge in [0.15, 0.2) is 5.11 Å². The monoisotopic (exact) mass is 592 g/mol. The maximum absolute atomic E-state index is 14.7. The molecule has 3 heterocycles. The van der Waals surface area contributed by atoms with Crippen LogP contribution in [0.4, 0.5) is 10.1 Å². The Bertz CT molecular complexity index is 1460. The van der Waals surface area contributed by atoms with Crippen LogP contribution in [0.5, 0.6) is 0 Å². The third kappa shape index (κ3) is 5.49. The van der Waals surface area contributed by atoms with Crippen LogP contribution in [-0.4, -0.2) is 27.4 Å². The first kappa shape index (κ1) is 26.1. The molecular formula is C29H26BrFN4O2S. The Kier molecular flexibility index (Phi) is 7.85. The van der Waals surface area contributed by atoms with E-state index in [-0.39, 0.29) is 30.2 Å². The molecule has 2 aromatic carbocycles. The van der Waals surface area contributed by atoms with Crippen molar-refractivity contribution in [3.63, 3.8) is 0 Å². The SMILES string of the molecule is CCc1ccccc1NC(=O)CCN1C(=S)NC(c2ccccn2)C1c1ccc(-c2ccc(Br)cc2F)o1. The van der Waals surface area contributed by atoms with Crippen molar-refractivity contribution in [2.45, 2.75) is 31.8 Å². The Morgan fingerprint density at radius 2 is 1.97 bits per heavy atom. The van der Waals surface area contributed by atoms with Crippen molar-refractivity contribution >= 4 is 44.9 Å². The number of para-hydroxylation sites is 1. The van der Waals surface area contributed by atoms with Crippen LogP contribution in [0.25, 0.3) is 11.3 Å². The summed E-state index contributed by atoms with van der Waals surface area (Å²) in [6, 6.07) is 21.2. The van der Waals surface area contributed by atoms with Gasteiger partial charge in [0.25, 0.3) is 0 Å². The molecule has 4 aromatic rings. The Balaban J connectivity index is 1.41. The highest BCUT2D eigenvalue weighted by Gasteiger charge is 2.41. The molecule has 0 radical (unpaired) electrons. The predicted octanol–water partition coefficient (Wildman–Crippen LogP) is 6.81. The molecule has 1 aliphatic rings. The summed E-state index contributed by atoms with van der Waals surface area (Å²) in [4.78, 5) is 19.4. The molecule has 0 spiro atoms. The number of carbonyl (C=O) groups is 1. The second-order valence-corrected chi connectivity index (χ2v) is 10.3. The Morgan fingerprint density at radius 1 is 1.16 bits per heavy atom. The number of benzene rings is 2. The highest BCUT2D eigenvalue weighted by molar-refractivity contribution is 9.10. The number of carbonyl (C=O) groups excluding carboxylic acids is 1. The molecule has 1 fully saturated rings. The number of hydrogen-bond donors (Lipinski definition) is 2. The number of amides is 1. The second-order valence-electron chi connectivity index (χ2n) is 8.96. The van der Waals surface area contributed by atoms with Crippen molar-refractivity contribution in [3.05, 3.63) is 106 Å². The molecule has 0 aliphatic carbocycles. The van der Waals surface area contributed by atoms with E-state index in [9.17, 15) is 9.18 Å². The van der Waals surface area contributed by atoms with Gasteiger partial charge in [0.2, 0.25) is 5.91 Å². The lowest BCUT2D eigenvalue weighted by molar-refractivity contribution is -0.116. The summed E-state index contributed by atoms with van der Waals surface area (Å²) in [7, 11) is 0. The van der Waals surface area contributed by atoms with Crippen LogP contribution in [0.15, 0.2) is 87.9 Å². The number of nitrogens with one attached hydrogen (secondary N) is 2. The third-order valence-corrected chi connectivity index (χ3v) is 7.41. The quantitative estimate of drug-likeness (QED) is 0.219. The van der Waals surface area contributed by atoms with E-state index >= 15 is 0 Å². The molecule has 2 N–H and O–H groups in total. The molecule has 2 aromatic heterocycles. The number of aromatic nitrogens is 1. The zero-order valence-electron chi connectivity index (χ0n) is 20.7. The average molecular weight is 594 g/mol. The van der Waals surface area contributed by atoms with Gasteiger partial charge in [-0.3, -0.25) is 9.78 Å². The molecule has 2 atom stereocenters. The normalized spacial score (nSPS) is 16.9. The highest BCUT2D eigenvalue weighted by atomic mass is 79.9. The Morgan fingerprint density at radius 3 is 2.74 bits per heavy atom. The first-order valence-electron chi connectivity index (χ1n) is 12.4. The molecule has 0 bridgehead atoms. The van der Waals surface area contributed by atoms with E-state index in [0.29, 0.717) is 33.2 Å². The van der Waals surface area contributed by atoms with Crippen molar-refractivity contribution in [3.8, 4) is 11.3 Å². The van der Waals surface area contributed by atoms with Crippen LogP contribution in [-0.2, 0) is 11.2 Å². The van der Waals surface area contributed by atoms with E-state index in [1.807, 2.05) is 53.4 Å². The van der Waals surface area contributed by atoms with Crippen LogP contribution >= 0.6 is 28.1 Å². The summed E-state index contributed by atoms with van der Waals surface area (Å²) in [5.41, 5.74) is 3.05. The minimum absolute atomic E-state index is 0.106. The van der Waals surface area contributed by atoms with Gasteiger partial charge in [-0.25, -0.2) is 4.39 Å². The molecule has 194 valence electrons. The Labute approximate surface area is 234 Å². The predicted molar refractivity (Wildman–Crippen MR) is 153 cm³/mol. The van der Waals surface area contributed by atoms with Crippen LogP contribution in [0.3, 0.4) is 0 Å². The lowest BCUT2D eigenvalue weighted by Crippen LogP contribution is -2.32. The maximum atomic E-state index is 14.7. The summed E-state index contributed by atoms with van der Waals surface area (Å²) in [5.74, 6) is 0.520. The number of thiocarbonyl (C=S) groups is 1. The van der Waals surface area contributed by atoms with Crippen LogP contribution in [0.2, 0.25) is 0 Å². The van der Waals surface area contributed by atoms with Gasteiger partial charge in [0.1, 0.15) is 23.4 Å². The number of hydrogen-bond acceptors (Lipinski definition) is 4. The summed E-state index contributed by atoms with van der Waals surface area (Å²) in [6.07, 6.45) is 2.77. The number of anilines is 1. The number of rotatable bonds is 8. The topological polar surface area (TPSA) is 70.4 Å². The van der Waals surface area contributed by atoms with Crippen molar-refractivity contribution in [2.24, 2.45) is 0 Å². The fourth-order valence-electron chi connectivity index (χ4n) is 4.69. The number of pyridine rings is 1. The van der Waals surface area contributed by atoms with Crippen LogP contribution < -0.4 is 10.6 Å². The van der Waals surface area contributed by atoms with Gasteiger partial charge in [0, 0.05) is 29.3 Å². The van der Waals surface area contributed by atoms with Gasteiger partial charge < -0.3 is 20.0 Å². The van der Waals surface area contributed by atoms with E-state index in [0.717, 1.165) is 23.4 Å². The zero-order valence-corrected chi connectivity index (χ0v) is 23.1. The van der Waals surface area contributed by atoms with Gasteiger partial charge in [-0.1, -0.05) is 47.1 Å². The smallest absolute Gasteiger partial charge is 0.226 e. The molecule has 1 amide bonds. The summed E-state index contributed by atoms with van der Waals surface area (Å²) in [6.45, 7) is 2.42. The summed E-state index contributed by atoms with van der Waals surface area (Å²) in [5, 5.41) is 6.87. The van der Waals surface area contributed by atoms with Crippen LogP contribution in [0.1, 0.15) is 42.4 Å². The van der Waals surface area contributed by atoms with Crippen molar-refractivity contribution in [1.82, 2.24) is 15.2 Å². The van der Waals surface area contributed by atoms with Crippen LogP contribution in [0, 0.1) is 5.82 Å². The van der Waals surface area contributed by atoms with E-state index in [1.54, 1.807) is 24.4 Å². The lowest BCUT2D eigenvalue weighted by Gasteiger charge is -2.26. The van der Waals surface area contributed by atoms with Gasteiger partial charge >= 0.3 is 0 Å². The van der Waals surface area contributed by atoms with E-state index in [1.165, 1.54) is 6.07 Å². The molecule has 1 aliphatic heterocycles. The van der Waals surface area contributed by atoms with Gasteiger partial charge in [-0.15, -0.1) is 0 Å². The second kappa shape index (κ2) is 11.4. The molecule has 1 saturated heterocycles. The lowest BCUT2D eigenvalue weighted by atomic mass is 10.0. The molecule has 5 rings (SSSR count). The van der Waals surface area contributed by atoms with Gasteiger partial charge in [-0.05, 0) is 72.7 Å². The molecule has 9 heteroatoms. The first-order valence-corrected chi connectivity index (χ1v) is 13.6. The third-order valence-electron chi connectivity index (χ3n) is 6.56. The maximum Gasteiger partial charge on any atom is 0.226 e. The molecule has 2 unspecified atom stereocenters. The van der Waals surface area contributed by atoms with Crippen molar-refractivity contribution in [2.75, 3.05) is 11.9 Å². The van der Waals surface area contributed by atoms with Crippen molar-refractivity contribution in [1.29, 1.82) is 0 Å². The fourth-order valence-corrected chi connectivity index (χ4v) is 5.35. The van der Waals surface area contributed by atoms with E-state index in [4.69, 9.17) is 16.6 Å². The van der Waals surface area contributed by atoms with E-state index in [2.05, 4.69) is 38.5 Å². The summed E-state index contributed by atoms with van der Waals surface area (Å²) < 4.78 is 21.5. The molecule has 6 nitrogen and oxygen atoms in total. The number of aryl methyl sites for hydroxylation is 1. The average Bonchev–Trinajstić information content (AvgIpc) is 3.52. The largest absolute Gasteiger partial charge is 0.459 e. The first-order chi connectivity index (χ1) is 18.4. The van der Waals surface area contributed by atoms with Crippen molar-refractivity contribution < 1.29 is 13.6 Å². The Hall–Kier alpha value is -3.56. The highest BCUT2D eigenvalue weighted by Crippen LogP contribution is 2.41. The summed E-state index contributed by atoms with van der Waals surface area (Å²) >= 11 is 8.99. The number of nitrogens with zero attached hydrogens (tertiary/aromatic N) is 2. The standard InChI is InChI=1S/C29H26BrFN4O2S/c1-2-18-7-3-4-8-22(18)33-26(36)14-16-35-28(27(34-29(35)38)23-9-5-6-15-32-23)25-13-12-24(37-25)20-11-10-19(30)17-21(20)31/h3-13,15,17,27-28H,2,14,16H2,1H3,(H,33,36)(H,34,38). The minimum atomic E-state index is -0.387. The molecule has 0 saturated carbocycles. The number of halogens is 2. The van der Waals surface area contributed by atoms with E-state index < -0.39 is 0 Å². The molecular weight excluding hydrogens is 567 g/mol. The fraction of sp³-hybridized carbons (Fsp3) is 0.207.